The quantitative estimate of drug-likeness (QED) is 0.762. The van der Waals surface area contributed by atoms with Crippen LogP contribution in [0.25, 0.3) is 0 Å². The van der Waals surface area contributed by atoms with Gasteiger partial charge in [-0.05, 0) is 70.6 Å². The molecular weight excluding hydrogens is 348 g/mol. The second-order valence-electron chi connectivity index (χ2n) is 9.63. The van der Waals surface area contributed by atoms with Gasteiger partial charge in [-0.3, -0.25) is 9.59 Å². The van der Waals surface area contributed by atoms with Crippen molar-refractivity contribution >= 4 is 18.0 Å². The van der Waals surface area contributed by atoms with E-state index in [0.717, 1.165) is 25.7 Å². The summed E-state index contributed by atoms with van der Waals surface area (Å²) in [5.74, 6) is -0.239. The normalized spacial score (nSPS) is 36.3. The predicted molar refractivity (Wildman–Crippen MR) is 96.9 cm³/mol. The van der Waals surface area contributed by atoms with Gasteiger partial charge in [0.1, 0.15) is 11.1 Å². The summed E-state index contributed by atoms with van der Waals surface area (Å²) in [5.41, 5.74) is -1.20. The highest BCUT2D eigenvalue weighted by Gasteiger charge is 2.78. The van der Waals surface area contributed by atoms with Gasteiger partial charge in [0.05, 0.1) is 5.92 Å². The van der Waals surface area contributed by atoms with Crippen molar-refractivity contribution in [1.29, 1.82) is 0 Å². The fourth-order valence-electron chi connectivity index (χ4n) is 5.60. The Balaban J connectivity index is 1.36. The van der Waals surface area contributed by atoms with Crippen LogP contribution in [0.5, 0.6) is 0 Å². The maximum atomic E-state index is 12.5. The summed E-state index contributed by atoms with van der Waals surface area (Å²) < 4.78 is 5.45. The minimum Gasteiger partial charge on any atom is -0.481 e. The number of carbonyl (C=O) groups excluding carboxylic acids is 2. The third kappa shape index (κ3) is 2.99. The molecule has 3 heterocycles. The maximum Gasteiger partial charge on any atom is 0.410 e. The molecule has 150 valence electrons. The molecule has 0 spiro atoms. The van der Waals surface area contributed by atoms with Gasteiger partial charge in [0.25, 0.3) is 5.91 Å². The SMILES string of the molecule is CC(C)(C)OC(=O)N1CCC(C2CC2C23C(=O)N2CCCC3C(=O)O)CC1. The number of amides is 2. The lowest BCUT2D eigenvalue weighted by Crippen LogP contribution is -2.43. The van der Waals surface area contributed by atoms with Crippen LogP contribution < -0.4 is 0 Å². The van der Waals surface area contributed by atoms with E-state index < -0.39 is 23.0 Å². The van der Waals surface area contributed by atoms with E-state index in [1.807, 2.05) is 25.7 Å². The topological polar surface area (TPSA) is 86.9 Å². The second kappa shape index (κ2) is 6.11. The summed E-state index contributed by atoms with van der Waals surface area (Å²) in [7, 11) is 0. The Morgan fingerprint density at radius 1 is 1.15 bits per heavy atom. The summed E-state index contributed by atoms with van der Waals surface area (Å²) in [6.45, 7) is 7.67. The van der Waals surface area contributed by atoms with Crippen LogP contribution >= 0.6 is 0 Å². The van der Waals surface area contributed by atoms with Crippen LogP contribution in [0.3, 0.4) is 0 Å². The molecule has 1 saturated carbocycles. The molecule has 4 fully saturated rings. The zero-order valence-corrected chi connectivity index (χ0v) is 16.4. The Morgan fingerprint density at radius 3 is 2.41 bits per heavy atom. The molecule has 1 aliphatic carbocycles. The first-order valence-corrected chi connectivity index (χ1v) is 10.2. The van der Waals surface area contributed by atoms with Crippen molar-refractivity contribution in [1.82, 2.24) is 9.80 Å². The van der Waals surface area contributed by atoms with Crippen molar-refractivity contribution in [2.45, 2.75) is 64.0 Å². The molecule has 1 N–H and O–H groups in total. The highest BCUT2D eigenvalue weighted by atomic mass is 16.6. The molecule has 7 heteroatoms. The Hall–Kier alpha value is -1.79. The van der Waals surface area contributed by atoms with E-state index in [-0.39, 0.29) is 17.9 Å². The average molecular weight is 378 g/mol. The number of ether oxygens (including phenoxy) is 1. The van der Waals surface area contributed by atoms with Gasteiger partial charge in [0, 0.05) is 19.6 Å². The van der Waals surface area contributed by atoms with Gasteiger partial charge in [-0.25, -0.2) is 4.79 Å². The smallest absolute Gasteiger partial charge is 0.410 e. The molecular formula is C20H30N2O5. The van der Waals surface area contributed by atoms with E-state index in [2.05, 4.69) is 0 Å². The van der Waals surface area contributed by atoms with Gasteiger partial charge in [-0.15, -0.1) is 0 Å². The molecule has 0 aromatic rings. The molecule has 27 heavy (non-hydrogen) atoms. The van der Waals surface area contributed by atoms with Crippen molar-refractivity contribution < 1.29 is 24.2 Å². The van der Waals surface area contributed by atoms with Gasteiger partial charge in [0.15, 0.2) is 0 Å². The average Bonchev–Trinajstić information content (AvgIpc) is 3.49. The number of hydrogen-bond acceptors (Lipinski definition) is 4. The summed E-state index contributed by atoms with van der Waals surface area (Å²) in [6.07, 6.45) is 3.90. The third-order valence-electron chi connectivity index (χ3n) is 6.89. The van der Waals surface area contributed by atoms with Gasteiger partial charge in [0.2, 0.25) is 0 Å². The molecule has 4 unspecified atom stereocenters. The molecule has 0 aromatic heterocycles. The predicted octanol–water partition coefficient (Wildman–Crippen LogP) is 2.35. The first kappa shape index (κ1) is 18.6. The number of hydrogen-bond donors (Lipinski definition) is 1. The summed E-state index contributed by atoms with van der Waals surface area (Å²) >= 11 is 0. The van der Waals surface area contributed by atoms with Gasteiger partial charge >= 0.3 is 12.1 Å². The van der Waals surface area contributed by atoms with E-state index in [0.29, 0.717) is 37.9 Å². The van der Waals surface area contributed by atoms with Gasteiger partial charge < -0.3 is 19.6 Å². The lowest BCUT2D eigenvalue weighted by molar-refractivity contribution is -0.145. The molecule has 4 atom stereocenters. The summed E-state index contributed by atoms with van der Waals surface area (Å²) in [4.78, 5) is 40.1. The third-order valence-corrected chi connectivity index (χ3v) is 6.89. The van der Waals surface area contributed by atoms with E-state index in [4.69, 9.17) is 4.74 Å². The zero-order chi connectivity index (χ0) is 19.6. The number of carbonyl (C=O) groups is 3. The second-order valence-corrected chi connectivity index (χ2v) is 9.63. The lowest BCUT2D eigenvalue weighted by Gasteiger charge is -2.34. The van der Waals surface area contributed by atoms with E-state index >= 15 is 0 Å². The number of aliphatic carboxylic acids is 1. The van der Waals surface area contributed by atoms with E-state index in [9.17, 15) is 19.5 Å². The standard InChI is InChI=1S/C20H30N2O5/c1-19(2,3)27-18(26)21-9-6-12(7-10-21)13-11-15(13)20-14(16(23)24)5-4-8-22(20)17(20)25/h12-15H,4-11H2,1-3H3,(H,23,24). The van der Waals surface area contributed by atoms with Crippen molar-refractivity contribution in [3.8, 4) is 0 Å². The first-order chi connectivity index (χ1) is 12.7. The van der Waals surface area contributed by atoms with E-state index in [1.165, 1.54) is 0 Å². The number of carboxylic acids is 1. The monoisotopic (exact) mass is 378 g/mol. The number of rotatable bonds is 3. The minimum absolute atomic E-state index is 0.0612. The Labute approximate surface area is 160 Å². The number of carboxylic acid groups (broad SMARTS) is 1. The van der Waals surface area contributed by atoms with Crippen LogP contribution in [0.1, 0.15) is 52.9 Å². The summed E-state index contributed by atoms with van der Waals surface area (Å²) in [5, 5.41) is 9.64. The number of piperidine rings is 2. The van der Waals surface area contributed by atoms with Crippen LogP contribution in [-0.2, 0) is 14.3 Å². The Bertz CT molecular complexity index is 664. The first-order valence-electron chi connectivity index (χ1n) is 10.2. The molecule has 4 rings (SSSR count). The Morgan fingerprint density at radius 2 is 1.81 bits per heavy atom. The van der Waals surface area contributed by atoms with Gasteiger partial charge in [-0.2, -0.15) is 0 Å². The maximum absolute atomic E-state index is 12.5. The van der Waals surface area contributed by atoms with E-state index in [1.54, 1.807) is 4.90 Å². The molecule has 0 bridgehead atoms. The zero-order valence-electron chi connectivity index (χ0n) is 16.4. The van der Waals surface area contributed by atoms with Crippen LogP contribution in [0, 0.1) is 23.7 Å². The molecule has 2 amide bonds. The molecule has 3 aliphatic heterocycles. The van der Waals surface area contributed by atoms with Crippen LogP contribution in [0.15, 0.2) is 0 Å². The van der Waals surface area contributed by atoms with Crippen LogP contribution in [0.2, 0.25) is 0 Å². The minimum atomic E-state index is -0.823. The Kier molecular flexibility index (Phi) is 4.20. The summed E-state index contributed by atoms with van der Waals surface area (Å²) in [6, 6.07) is 0. The number of fused-ring (bicyclic) bond motifs is 1. The molecule has 0 radical (unpaired) electrons. The molecule has 0 aromatic carbocycles. The van der Waals surface area contributed by atoms with Crippen molar-refractivity contribution in [2.24, 2.45) is 23.7 Å². The molecule has 7 nitrogen and oxygen atoms in total. The van der Waals surface area contributed by atoms with Crippen LogP contribution in [-0.4, -0.2) is 63.7 Å². The molecule has 4 aliphatic rings. The highest BCUT2D eigenvalue weighted by Crippen LogP contribution is 2.65. The molecule has 3 saturated heterocycles. The van der Waals surface area contributed by atoms with Gasteiger partial charge in [-0.1, -0.05) is 0 Å². The highest BCUT2D eigenvalue weighted by molar-refractivity contribution is 6.07. The fraction of sp³-hybridized carbons (Fsp3) is 0.850. The number of nitrogens with zero attached hydrogens (tertiary/aromatic N) is 2. The van der Waals surface area contributed by atoms with Crippen molar-refractivity contribution in [3.63, 3.8) is 0 Å². The van der Waals surface area contributed by atoms with Crippen LogP contribution in [0.4, 0.5) is 4.79 Å². The fourth-order valence-corrected chi connectivity index (χ4v) is 5.60. The van der Waals surface area contributed by atoms with Crippen molar-refractivity contribution in [3.05, 3.63) is 0 Å². The van der Waals surface area contributed by atoms with Crippen molar-refractivity contribution in [2.75, 3.05) is 19.6 Å². The number of likely N-dealkylation sites (tertiary alicyclic amines) is 1. The largest absolute Gasteiger partial charge is 0.481 e. The lowest BCUT2D eigenvalue weighted by atomic mass is 9.79.